The van der Waals surface area contributed by atoms with Crippen molar-refractivity contribution in [2.24, 2.45) is 17.8 Å². The molecule has 2 atom stereocenters. The van der Waals surface area contributed by atoms with E-state index in [2.05, 4.69) is 23.3 Å². The van der Waals surface area contributed by atoms with Crippen molar-refractivity contribution in [2.75, 3.05) is 44.3 Å². The van der Waals surface area contributed by atoms with E-state index < -0.39 is 5.97 Å². The first-order valence-electron chi connectivity index (χ1n) is 14.0. The van der Waals surface area contributed by atoms with Crippen molar-refractivity contribution in [3.63, 3.8) is 0 Å². The Labute approximate surface area is 238 Å². The van der Waals surface area contributed by atoms with Crippen molar-refractivity contribution < 1.29 is 24.2 Å². The average molecular weight is 562 g/mol. The molecule has 210 valence electrons. The van der Waals surface area contributed by atoms with Gasteiger partial charge < -0.3 is 24.4 Å². The molecule has 0 radical (unpaired) electrons. The maximum atomic E-state index is 12.9. The van der Waals surface area contributed by atoms with Gasteiger partial charge in [-0.1, -0.05) is 23.8 Å². The fraction of sp³-hybridized carbons (Fsp3) is 0.452. The molecule has 8 nitrogen and oxygen atoms in total. The standard InChI is InChI=1S/C31H35N3O5S/c1-19-3-8-27(39-17-21-4-7-24(20(2)14-21)29(35)33-9-11-38-12-10-33)25(13-19)26-18-40-31(32-26)34-15-22-5-6-23(16-34)28(22)30(36)37/h3-4,7-8,13-14,18,22-23,28H,5-6,9-12,15-17H2,1-2H3,(H,36,37). The zero-order valence-electron chi connectivity index (χ0n) is 23.0. The number of rotatable bonds is 7. The van der Waals surface area contributed by atoms with Crippen molar-refractivity contribution >= 4 is 28.3 Å². The second-order valence-corrected chi connectivity index (χ2v) is 12.1. The number of ether oxygens (including phenoxy) is 2. The van der Waals surface area contributed by atoms with Crippen molar-refractivity contribution in [1.82, 2.24) is 9.88 Å². The highest BCUT2D eigenvalue weighted by atomic mass is 32.1. The van der Waals surface area contributed by atoms with E-state index in [1.165, 1.54) is 0 Å². The number of hydrogen-bond acceptors (Lipinski definition) is 7. The van der Waals surface area contributed by atoms with E-state index in [1.807, 2.05) is 42.2 Å². The number of piperidine rings is 1. The number of amides is 1. The van der Waals surface area contributed by atoms with Gasteiger partial charge in [-0.2, -0.15) is 0 Å². The summed E-state index contributed by atoms with van der Waals surface area (Å²) in [5.74, 6) is 0.331. The molecule has 1 amide bonds. The number of morpholine rings is 1. The maximum absolute atomic E-state index is 12.9. The zero-order chi connectivity index (χ0) is 27.8. The molecule has 9 heteroatoms. The molecule has 40 heavy (non-hydrogen) atoms. The average Bonchev–Trinajstić information content (AvgIpc) is 3.55. The number of nitrogens with zero attached hydrogens (tertiary/aromatic N) is 3. The first-order chi connectivity index (χ1) is 19.4. The predicted octanol–water partition coefficient (Wildman–Crippen LogP) is 5.03. The van der Waals surface area contributed by atoms with Crippen LogP contribution in [0.5, 0.6) is 5.75 Å². The molecule has 2 aliphatic heterocycles. The molecule has 3 heterocycles. The largest absolute Gasteiger partial charge is 0.488 e. The number of aryl methyl sites for hydroxylation is 2. The van der Waals surface area contributed by atoms with Crippen LogP contribution < -0.4 is 9.64 Å². The summed E-state index contributed by atoms with van der Waals surface area (Å²) in [5, 5.41) is 12.7. The normalized spacial score (nSPS) is 22.4. The van der Waals surface area contributed by atoms with Crippen LogP contribution in [0.25, 0.3) is 11.3 Å². The van der Waals surface area contributed by atoms with Crippen molar-refractivity contribution in [3.8, 4) is 17.0 Å². The molecule has 1 aromatic heterocycles. The van der Waals surface area contributed by atoms with Gasteiger partial charge in [0.1, 0.15) is 12.4 Å². The topological polar surface area (TPSA) is 92.2 Å². The molecule has 2 unspecified atom stereocenters. The number of carbonyl (C=O) groups is 2. The van der Waals surface area contributed by atoms with Gasteiger partial charge in [0.05, 0.1) is 24.8 Å². The van der Waals surface area contributed by atoms with E-state index in [0.717, 1.165) is 70.3 Å². The summed E-state index contributed by atoms with van der Waals surface area (Å²) in [6, 6.07) is 12.0. The molecule has 3 aromatic rings. The van der Waals surface area contributed by atoms with Crippen LogP contribution in [0.1, 0.15) is 39.9 Å². The highest BCUT2D eigenvalue weighted by Crippen LogP contribution is 2.44. The quantitative estimate of drug-likeness (QED) is 0.433. The van der Waals surface area contributed by atoms with Crippen molar-refractivity contribution in [1.29, 1.82) is 0 Å². The van der Waals surface area contributed by atoms with Crippen LogP contribution in [0.4, 0.5) is 5.13 Å². The van der Waals surface area contributed by atoms with Gasteiger partial charge in [0.2, 0.25) is 0 Å². The SMILES string of the molecule is Cc1ccc(OCc2ccc(C(=O)N3CCOCC3)c(C)c2)c(-c2csc(N3CC4CCC(C3)C4C(=O)O)n2)c1. The molecule has 2 bridgehead atoms. The fourth-order valence-electron chi connectivity index (χ4n) is 6.44. The molecule has 3 fully saturated rings. The van der Waals surface area contributed by atoms with E-state index in [0.29, 0.717) is 32.9 Å². The first-order valence-corrected chi connectivity index (χ1v) is 14.9. The van der Waals surface area contributed by atoms with E-state index in [4.69, 9.17) is 14.5 Å². The number of carboxylic acids is 1. The number of aliphatic carboxylic acids is 1. The number of fused-ring (bicyclic) bond motifs is 2. The molecule has 6 rings (SSSR count). The lowest BCUT2D eigenvalue weighted by atomic mass is 9.85. The van der Waals surface area contributed by atoms with Crippen LogP contribution in [0, 0.1) is 31.6 Å². The van der Waals surface area contributed by atoms with E-state index >= 15 is 0 Å². The van der Waals surface area contributed by atoms with Gasteiger partial charge in [-0.25, -0.2) is 4.98 Å². The Kier molecular flexibility index (Phi) is 7.51. The van der Waals surface area contributed by atoms with Gasteiger partial charge in [0.15, 0.2) is 5.13 Å². The Morgan fingerprint density at radius 1 is 1.07 bits per heavy atom. The maximum Gasteiger partial charge on any atom is 0.307 e. The van der Waals surface area contributed by atoms with Crippen molar-refractivity contribution in [3.05, 3.63) is 64.0 Å². The monoisotopic (exact) mass is 561 g/mol. The summed E-state index contributed by atoms with van der Waals surface area (Å²) in [7, 11) is 0. The highest BCUT2D eigenvalue weighted by molar-refractivity contribution is 7.14. The Morgan fingerprint density at radius 2 is 1.82 bits per heavy atom. The molecule has 3 aliphatic rings. The van der Waals surface area contributed by atoms with Crippen LogP contribution in [-0.2, 0) is 16.1 Å². The number of thiazole rings is 1. The summed E-state index contributed by atoms with van der Waals surface area (Å²) >= 11 is 1.61. The number of anilines is 1. The number of benzene rings is 2. The van der Waals surface area contributed by atoms with Gasteiger partial charge in [-0.3, -0.25) is 9.59 Å². The Bertz CT molecular complexity index is 1400. The Morgan fingerprint density at radius 3 is 2.52 bits per heavy atom. The van der Waals surface area contributed by atoms with E-state index in [1.54, 1.807) is 11.3 Å². The van der Waals surface area contributed by atoms with E-state index in [9.17, 15) is 14.7 Å². The molecule has 1 N–H and O–H groups in total. The third-order valence-electron chi connectivity index (χ3n) is 8.51. The number of carbonyl (C=O) groups excluding carboxylic acids is 1. The summed E-state index contributed by atoms with van der Waals surface area (Å²) in [4.78, 5) is 33.8. The van der Waals surface area contributed by atoms with Crippen LogP contribution in [-0.4, -0.2) is 66.3 Å². The van der Waals surface area contributed by atoms with Crippen molar-refractivity contribution in [2.45, 2.75) is 33.3 Å². The van der Waals surface area contributed by atoms with Crippen LogP contribution >= 0.6 is 11.3 Å². The Balaban J connectivity index is 1.16. The van der Waals surface area contributed by atoms with Crippen LogP contribution in [0.15, 0.2) is 41.8 Å². The van der Waals surface area contributed by atoms with Gasteiger partial charge in [0.25, 0.3) is 5.91 Å². The lowest BCUT2D eigenvalue weighted by Gasteiger charge is -2.35. The van der Waals surface area contributed by atoms with Gasteiger partial charge in [-0.15, -0.1) is 11.3 Å². The third kappa shape index (κ3) is 5.32. The Hall–Kier alpha value is -3.43. The zero-order valence-corrected chi connectivity index (χ0v) is 23.8. The van der Waals surface area contributed by atoms with Crippen LogP contribution in [0.2, 0.25) is 0 Å². The molecule has 2 aromatic carbocycles. The second kappa shape index (κ2) is 11.2. The number of carboxylic acid groups (broad SMARTS) is 1. The summed E-state index contributed by atoms with van der Waals surface area (Å²) < 4.78 is 11.7. The lowest BCUT2D eigenvalue weighted by molar-refractivity contribution is -0.144. The molecular weight excluding hydrogens is 526 g/mol. The first kappa shape index (κ1) is 26.8. The lowest BCUT2D eigenvalue weighted by Crippen LogP contribution is -2.44. The number of aromatic nitrogens is 1. The summed E-state index contributed by atoms with van der Waals surface area (Å²) in [6.07, 6.45) is 1.96. The minimum atomic E-state index is -0.651. The molecule has 0 spiro atoms. The summed E-state index contributed by atoms with van der Waals surface area (Å²) in [6.45, 7) is 8.33. The molecule has 1 aliphatic carbocycles. The minimum Gasteiger partial charge on any atom is -0.488 e. The van der Waals surface area contributed by atoms with Gasteiger partial charge in [-0.05, 0) is 67.9 Å². The highest BCUT2D eigenvalue weighted by Gasteiger charge is 2.46. The van der Waals surface area contributed by atoms with E-state index in [-0.39, 0.29) is 23.7 Å². The molecular formula is C31H35N3O5S. The summed E-state index contributed by atoms with van der Waals surface area (Å²) in [5.41, 5.74) is 5.59. The minimum absolute atomic E-state index is 0.0496. The predicted molar refractivity (Wildman–Crippen MR) is 154 cm³/mol. The molecule has 2 saturated heterocycles. The van der Waals surface area contributed by atoms with Gasteiger partial charge in [0, 0.05) is 42.7 Å². The fourth-order valence-corrected chi connectivity index (χ4v) is 7.28. The number of hydrogen-bond donors (Lipinski definition) is 1. The van der Waals surface area contributed by atoms with Crippen LogP contribution in [0.3, 0.4) is 0 Å². The smallest absolute Gasteiger partial charge is 0.307 e. The molecule has 1 saturated carbocycles. The third-order valence-corrected chi connectivity index (χ3v) is 9.41. The second-order valence-electron chi connectivity index (χ2n) is 11.2. The van der Waals surface area contributed by atoms with Gasteiger partial charge >= 0.3 is 5.97 Å².